The van der Waals surface area contributed by atoms with Gasteiger partial charge in [-0.15, -0.1) is 0 Å². The lowest BCUT2D eigenvalue weighted by molar-refractivity contribution is 0.0696. The highest BCUT2D eigenvalue weighted by Crippen LogP contribution is 2.24. The molecule has 0 amide bonds. The molecule has 0 aliphatic rings. The lowest BCUT2D eigenvalue weighted by Crippen LogP contribution is -2.28. The fourth-order valence-electron chi connectivity index (χ4n) is 1.63. The molecule has 0 radical (unpaired) electrons. The van der Waals surface area contributed by atoms with Crippen molar-refractivity contribution in [3.63, 3.8) is 0 Å². The van der Waals surface area contributed by atoms with Crippen LogP contribution in [0.25, 0.3) is 0 Å². The molecule has 1 unspecified atom stereocenters. The first-order chi connectivity index (χ1) is 9.81. The molecule has 1 aromatic carbocycles. The lowest BCUT2D eigenvalue weighted by atomic mass is 10.2. The van der Waals surface area contributed by atoms with Gasteiger partial charge in [-0.05, 0) is 41.1 Å². The van der Waals surface area contributed by atoms with Crippen molar-refractivity contribution in [1.82, 2.24) is 19.9 Å². The van der Waals surface area contributed by atoms with Crippen LogP contribution in [0.15, 0.2) is 33.9 Å². The Kier molecular flexibility index (Phi) is 4.40. The van der Waals surface area contributed by atoms with Gasteiger partial charge in [0.05, 0.1) is 16.5 Å². The Morgan fingerprint density at radius 3 is 2.71 bits per heavy atom. The summed E-state index contributed by atoms with van der Waals surface area (Å²) >= 11 is 3.07. The zero-order valence-electron chi connectivity index (χ0n) is 10.7. The first-order valence-electron chi connectivity index (χ1n) is 5.71. The Morgan fingerprint density at radius 2 is 2.19 bits per heavy atom. The molecule has 2 rings (SSSR count). The summed E-state index contributed by atoms with van der Waals surface area (Å²) in [5.74, 6) is -0.764. The number of nitrogens with zero attached hydrogens (tertiary/aromatic N) is 2. The topological polar surface area (TPSA) is 125 Å². The molecule has 0 fully saturated rings. The minimum Gasteiger partial charge on any atom is -0.478 e. The van der Waals surface area contributed by atoms with E-state index in [4.69, 9.17) is 5.11 Å². The van der Waals surface area contributed by atoms with Crippen molar-refractivity contribution in [3.05, 3.63) is 40.4 Å². The third kappa shape index (κ3) is 3.46. The summed E-state index contributed by atoms with van der Waals surface area (Å²) in [6.45, 7) is 1.61. The summed E-state index contributed by atoms with van der Waals surface area (Å²) in [4.78, 5) is 14.7. The molecule has 0 aliphatic heterocycles. The van der Waals surface area contributed by atoms with Gasteiger partial charge in [0.2, 0.25) is 10.0 Å². The molecule has 2 aromatic rings. The molecule has 1 heterocycles. The lowest BCUT2D eigenvalue weighted by Gasteiger charge is -2.13. The molecule has 0 spiro atoms. The van der Waals surface area contributed by atoms with Gasteiger partial charge in [-0.3, -0.25) is 5.10 Å². The van der Waals surface area contributed by atoms with Crippen molar-refractivity contribution < 1.29 is 18.3 Å². The second-order valence-electron chi connectivity index (χ2n) is 4.16. The molecule has 1 aromatic heterocycles. The number of carboxylic acids is 1. The number of hydrogen-bond acceptors (Lipinski definition) is 5. The van der Waals surface area contributed by atoms with Crippen LogP contribution >= 0.6 is 15.9 Å². The Balaban J connectivity index is 2.29. The van der Waals surface area contributed by atoms with Crippen molar-refractivity contribution in [2.45, 2.75) is 17.9 Å². The summed E-state index contributed by atoms with van der Waals surface area (Å²) in [6, 6.07) is 3.07. The average molecular weight is 375 g/mol. The second kappa shape index (κ2) is 5.92. The molecule has 0 bridgehead atoms. The van der Waals surface area contributed by atoms with E-state index in [0.29, 0.717) is 5.82 Å². The van der Waals surface area contributed by atoms with Crippen LogP contribution in [0.5, 0.6) is 0 Å². The van der Waals surface area contributed by atoms with Crippen molar-refractivity contribution in [2.75, 3.05) is 0 Å². The van der Waals surface area contributed by atoms with Crippen molar-refractivity contribution >= 4 is 31.9 Å². The van der Waals surface area contributed by atoms with E-state index in [0.717, 1.165) is 0 Å². The highest BCUT2D eigenvalue weighted by molar-refractivity contribution is 9.10. The van der Waals surface area contributed by atoms with E-state index in [1.165, 1.54) is 24.5 Å². The number of benzene rings is 1. The van der Waals surface area contributed by atoms with E-state index in [2.05, 4.69) is 35.8 Å². The van der Waals surface area contributed by atoms with Gasteiger partial charge in [0.15, 0.2) is 0 Å². The third-order valence-corrected chi connectivity index (χ3v) is 5.16. The molecule has 8 nitrogen and oxygen atoms in total. The van der Waals surface area contributed by atoms with Crippen LogP contribution < -0.4 is 4.72 Å². The number of aromatic nitrogens is 3. The average Bonchev–Trinajstić information content (AvgIpc) is 2.91. The first-order valence-corrected chi connectivity index (χ1v) is 7.99. The summed E-state index contributed by atoms with van der Waals surface area (Å²) in [6.07, 6.45) is 1.28. The molecule has 3 N–H and O–H groups in total. The SMILES string of the molecule is CC(NS(=O)(=O)c1ccc(C(=O)O)cc1Br)c1ncn[nH]1. The summed E-state index contributed by atoms with van der Waals surface area (Å²) < 4.78 is 27.2. The van der Waals surface area contributed by atoms with Gasteiger partial charge in [0.25, 0.3) is 0 Å². The highest BCUT2D eigenvalue weighted by Gasteiger charge is 2.23. The van der Waals surface area contributed by atoms with E-state index in [9.17, 15) is 13.2 Å². The predicted octanol–water partition coefficient (Wildman–Crippen LogP) is 1.30. The number of nitrogens with one attached hydrogen (secondary N) is 2. The number of rotatable bonds is 5. The maximum absolute atomic E-state index is 12.3. The first kappa shape index (κ1) is 15.6. The smallest absolute Gasteiger partial charge is 0.335 e. The number of sulfonamides is 1. The normalized spacial score (nSPS) is 13.0. The van der Waals surface area contributed by atoms with Crippen molar-refractivity contribution in [2.24, 2.45) is 0 Å². The van der Waals surface area contributed by atoms with Gasteiger partial charge in [0.1, 0.15) is 12.2 Å². The number of hydrogen-bond donors (Lipinski definition) is 3. The van der Waals surface area contributed by atoms with E-state index >= 15 is 0 Å². The van der Waals surface area contributed by atoms with Gasteiger partial charge in [-0.25, -0.2) is 22.9 Å². The minimum atomic E-state index is -3.84. The standard InChI is InChI=1S/C11H11BrN4O4S/c1-6(10-13-5-14-15-10)16-21(19,20)9-3-2-7(11(17)18)4-8(9)12/h2-6,16H,1H3,(H,17,18)(H,13,14,15). The molecule has 112 valence electrons. The third-order valence-electron chi connectivity index (χ3n) is 2.64. The number of carbonyl (C=O) groups is 1. The van der Waals surface area contributed by atoms with Crippen LogP contribution in [0.1, 0.15) is 29.1 Å². The monoisotopic (exact) mass is 374 g/mol. The van der Waals surface area contributed by atoms with E-state index in [1.54, 1.807) is 6.92 Å². The fraction of sp³-hybridized carbons (Fsp3) is 0.182. The Hall–Kier alpha value is -1.78. The molecular formula is C11H11BrN4O4S. The molecule has 0 saturated heterocycles. The molecule has 0 aliphatic carbocycles. The van der Waals surface area contributed by atoms with E-state index in [-0.39, 0.29) is 14.9 Å². The molecule has 1 atom stereocenters. The van der Waals surface area contributed by atoms with E-state index < -0.39 is 22.0 Å². The van der Waals surface area contributed by atoms with Crippen LogP contribution in [0.2, 0.25) is 0 Å². The second-order valence-corrected chi connectivity index (χ2v) is 6.70. The van der Waals surface area contributed by atoms with Crippen LogP contribution in [0.4, 0.5) is 0 Å². The fourth-order valence-corrected chi connectivity index (χ4v) is 3.91. The molecular weight excluding hydrogens is 364 g/mol. The zero-order valence-corrected chi connectivity index (χ0v) is 13.1. The number of carboxylic acid groups (broad SMARTS) is 1. The number of aromatic amines is 1. The Bertz CT molecular complexity index is 761. The summed E-state index contributed by atoms with van der Waals surface area (Å²) in [5.41, 5.74) is -0.0101. The van der Waals surface area contributed by atoms with Crippen LogP contribution in [0, 0.1) is 0 Å². The van der Waals surface area contributed by atoms with Crippen molar-refractivity contribution in [1.29, 1.82) is 0 Å². The number of H-pyrrole nitrogens is 1. The Morgan fingerprint density at radius 1 is 1.48 bits per heavy atom. The largest absolute Gasteiger partial charge is 0.478 e. The maximum Gasteiger partial charge on any atom is 0.335 e. The molecule has 21 heavy (non-hydrogen) atoms. The summed E-state index contributed by atoms with van der Waals surface area (Å²) in [5, 5.41) is 15.1. The van der Waals surface area contributed by atoms with Gasteiger partial charge >= 0.3 is 5.97 Å². The molecule has 10 heteroatoms. The van der Waals surface area contributed by atoms with E-state index in [1.807, 2.05) is 0 Å². The van der Waals surface area contributed by atoms with Crippen LogP contribution in [-0.4, -0.2) is 34.7 Å². The maximum atomic E-state index is 12.3. The van der Waals surface area contributed by atoms with Crippen LogP contribution in [-0.2, 0) is 10.0 Å². The van der Waals surface area contributed by atoms with Gasteiger partial charge < -0.3 is 5.11 Å². The van der Waals surface area contributed by atoms with Gasteiger partial charge in [-0.1, -0.05) is 0 Å². The number of aromatic carboxylic acids is 1. The molecule has 0 saturated carbocycles. The van der Waals surface area contributed by atoms with Gasteiger partial charge in [-0.2, -0.15) is 5.10 Å². The summed E-state index contributed by atoms with van der Waals surface area (Å²) in [7, 11) is -3.84. The minimum absolute atomic E-state index is 0.0101. The van der Waals surface area contributed by atoms with Gasteiger partial charge in [0, 0.05) is 4.47 Å². The van der Waals surface area contributed by atoms with Crippen molar-refractivity contribution in [3.8, 4) is 0 Å². The zero-order chi connectivity index (χ0) is 15.6. The predicted molar refractivity (Wildman–Crippen MR) is 76.2 cm³/mol. The quantitative estimate of drug-likeness (QED) is 0.724. The number of halogens is 1. The Labute approximate surface area is 128 Å². The van der Waals surface area contributed by atoms with Crippen LogP contribution in [0.3, 0.4) is 0 Å². The highest BCUT2D eigenvalue weighted by atomic mass is 79.9.